The average Bonchev–Trinajstić information content (AvgIpc) is 2.94. The zero-order valence-corrected chi connectivity index (χ0v) is 10.2. The highest BCUT2D eigenvalue weighted by molar-refractivity contribution is 6.03. The molecule has 0 radical (unpaired) electrons. The number of amides is 2. The SMILES string of the molecule is COc1cc(NC=O)ccc1NC(=O)c1ccco1. The molecule has 0 aliphatic carbocycles. The van der Waals surface area contributed by atoms with Crippen LogP contribution in [0.2, 0.25) is 0 Å². The number of nitrogens with one attached hydrogen (secondary N) is 2. The van der Waals surface area contributed by atoms with E-state index in [9.17, 15) is 9.59 Å². The second-order valence-electron chi connectivity index (χ2n) is 3.61. The molecular weight excluding hydrogens is 248 g/mol. The Bertz CT molecular complexity index is 578. The van der Waals surface area contributed by atoms with Gasteiger partial charge in [0.1, 0.15) is 5.75 Å². The Balaban J connectivity index is 2.20. The predicted octanol–water partition coefficient (Wildman–Crippen LogP) is 2.11. The zero-order chi connectivity index (χ0) is 13.7. The molecule has 1 heterocycles. The predicted molar refractivity (Wildman–Crippen MR) is 69.3 cm³/mol. The van der Waals surface area contributed by atoms with E-state index in [2.05, 4.69) is 10.6 Å². The van der Waals surface area contributed by atoms with Crippen molar-refractivity contribution in [3.63, 3.8) is 0 Å². The molecule has 0 aliphatic heterocycles. The summed E-state index contributed by atoms with van der Waals surface area (Å²) in [6.07, 6.45) is 1.99. The Kier molecular flexibility index (Phi) is 3.82. The van der Waals surface area contributed by atoms with Crippen LogP contribution in [0.5, 0.6) is 5.75 Å². The Labute approximate surface area is 109 Å². The van der Waals surface area contributed by atoms with Gasteiger partial charge in [0, 0.05) is 11.8 Å². The van der Waals surface area contributed by atoms with Gasteiger partial charge in [-0.25, -0.2) is 0 Å². The van der Waals surface area contributed by atoms with Crippen LogP contribution in [0, 0.1) is 0 Å². The molecule has 2 aromatic rings. The largest absolute Gasteiger partial charge is 0.494 e. The van der Waals surface area contributed by atoms with Crippen molar-refractivity contribution in [2.75, 3.05) is 17.7 Å². The van der Waals surface area contributed by atoms with Crippen LogP contribution in [-0.4, -0.2) is 19.4 Å². The molecule has 0 saturated carbocycles. The van der Waals surface area contributed by atoms with Gasteiger partial charge in [0.25, 0.3) is 5.91 Å². The van der Waals surface area contributed by atoms with Crippen LogP contribution in [0.3, 0.4) is 0 Å². The summed E-state index contributed by atoms with van der Waals surface area (Å²) in [5, 5.41) is 5.16. The lowest BCUT2D eigenvalue weighted by atomic mass is 10.2. The molecule has 6 heteroatoms. The molecule has 0 saturated heterocycles. The van der Waals surface area contributed by atoms with Gasteiger partial charge < -0.3 is 19.8 Å². The van der Waals surface area contributed by atoms with Crippen LogP contribution in [-0.2, 0) is 4.79 Å². The zero-order valence-electron chi connectivity index (χ0n) is 10.2. The van der Waals surface area contributed by atoms with Crippen LogP contribution in [0.1, 0.15) is 10.6 Å². The topological polar surface area (TPSA) is 80.6 Å². The molecule has 1 aromatic heterocycles. The molecule has 2 rings (SSSR count). The fourth-order valence-electron chi connectivity index (χ4n) is 1.54. The summed E-state index contributed by atoms with van der Waals surface area (Å²) in [4.78, 5) is 22.2. The molecule has 19 heavy (non-hydrogen) atoms. The molecule has 0 spiro atoms. The highest BCUT2D eigenvalue weighted by Gasteiger charge is 2.12. The van der Waals surface area contributed by atoms with Gasteiger partial charge >= 0.3 is 0 Å². The molecule has 2 N–H and O–H groups in total. The monoisotopic (exact) mass is 260 g/mol. The Morgan fingerprint density at radius 3 is 2.84 bits per heavy atom. The van der Waals surface area contributed by atoms with Crippen molar-refractivity contribution in [3.8, 4) is 5.75 Å². The molecular formula is C13H12N2O4. The number of carbonyl (C=O) groups excluding carboxylic acids is 2. The van der Waals surface area contributed by atoms with E-state index in [4.69, 9.17) is 9.15 Å². The second-order valence-corrected chi connectivity index (χ2v) is 3.61. The van der Waals surface area contributed by atoms with Crippen molar-refractivity contribution < 1.29 is 18.7 Å². The van der Waals surface area contributed by atoms with Gasteiger partial charge in [-0.3, -0.25) is 9.59 Å². The molecule has 1 aromatic carbocycles. The highest BCUT2D eigenvalue weighted by Crippen LogP contribution is 2.28. The maximum atomic E-state index is 11.8. The molecule has 0 atom stereocenters. The minimum Gasteiger partial charge on any atom is -0.494 e. The lowest BCUT2D eigenvalue weighted by Gasteiger charge is -2.10. The van der Waals surface area contributed by atoms with Gasteiger partial charge in [-0.1, -0.05) is 0 Å². The molecule has 6 nitrogen and oxygen atoms in total. The average molecular weight is 260 g/mol. The maximum Gasteiger partial charge on any atom is 0.291 e. The van der Waals surface area contributed by atoms with E-state index in [1.54, 1.807) is 30.3 Å². The second kappa shape index (κ2) is 5.72. The molecule has 0 fully saturated rings. The van der Waals surface area contributed by atoms with Gasteiger partial charge in [0.15, 0.2) is 5.76 Å². The minimum absolute atomic E-state index is 0.206. The summed E-state index contributed by atoms with van der Waals surface area (Å²) < 4.78 is 10.1. The first-order chi connectivity index (χ1) is 9.24. The third-order valence-corrected chi connectivity index (χ3v) is 2.42. The van der Waals surface area contributed by atoms with E-state index in [0.717, 1.165) is 0 Å². The number of anilines is 2. The summed E-state index contributed by atoms with van der Waals surface area (Å²) >= 11 is 0. The first-order valence-electron chi connectivity index (χ1n) is 5.47. The first kappa shape index (κ1) is 12.7. The van der Waals surface area contributed by atoms with Gasteiger partial charge in [0.2, 0.25) is 6.41 Å². The minimum atomic E-state index is -0.376. The van der Waals surface area contributed by atoms with Crippen LogP contribution in [0.15, 0.2) is 41.0 Å². The third kappa shape index (κ3) is 2.92. The van der Waals surface area contributed by atoms with Crippen molar-refractivity contribution in [3.05, 3.63) is 42.4 Å². The van der Waals surface area contributed by atoms with Crippen LogP contribution < -0.4 is 15.4 Å². The summed E-state index contributed by atoms with van der Waals surface area (Å²) in [6, 6.07) is 8.07. The third-order valence-electron chi connectivity index (χ3n) is 2.42. The van der Waals surface area contributed by atoms with E-state index < -0.39 is 0 Å². The van der Waals surface area contributed by atoms with Crippen molar-refractivity contribution in [2.24, 2.45) is 0 Å². The van der Waals surface area contributed by atoms with Crippen LogP contribution >= 0.6 is 0 Å². The Hall–Kier alpha value is -2.76. The number of methoxy groups -OCH3 is 1. The van der Waals surface area contributed by atoms with Crippen molar-refractivity contribution >= 4 is 23.7 Å². The van der Waals surface area contributed by atoms with Gasteiger partial charge in [-0.05, 0) is 24.3 Å². The van der Waals surface area contributed by atoms with E-state index in [1.165, 1.54) is 13.4 Å². The fraction of sp³-hybridized carbons (Fsp3) is 0.0769. The van der Waals surface area contributed by atoms with Crippen LogP contribution in [0.4, 0.5) is 11.4 Å². The normalized spacial score (nSPS) is 9.74. The van der Waals surface area contributed by atoms with E-state index >= 15 is 0 Å². The summed E-state index contributed by atoms with van der Waals surface area (Å²) in [6.45, 7) is 0. The lowest BCUT2D eigenvalue weighted by molar-refractivity contribution is -0.105. The van der Waals surface area contributed by atoms with E-state index in [1.807, 2.05) is 0 Å². The quantitative estimate of drug-likeness (QED) is 0.807. The smallest absolute Gasteiger partial charge is 0.291 e. The highest BCUT2D eigenvalue weighted by atomic mass is 16.5. The standard InChI is InChI=1S/C13H12N2O4/c1-18-12-7-9(14-8-16)4-5-10(12)15-13(17)11-3-2-6-19-11/h2-8H,1H3,(H,14,16)(H,15,17). The number of rotatable bonds is 5. The molecule has 0 bridgehead atoms. The first-order valence-corrected chi connectivity index (χ1v) is 5.47. The van der Waals surface area contributed by atoms with Gasteiger partial charge in [-0.15, -0.1) is 0 Å². The molecule has 0 unspecified atom stereocenters. The molecule has 2 amide bonds. The lowest BCUT2D eigenvalue weighted by Crippen LogP contribution is -2.11. The van der Waals surface area contributed by atoms with E-state index in [0.29, 0.717) is 23.5 Å². The Morgan fingerprint density at radius 2 is 2.21 bits per heavy atom. The number of hydrogen-bond donors (Lipinski definition) is 2. The number of carbonyl (C=O) groups is 2. The van der Waals surface area contributed by atoms with Crippen molar-refractivity contribution in [1.82, 2.24) is 0 Å². The fourth-order valence-corrected chi connectivity index (χ4v) is 1.54. The van der Waals surface area contributed by atoms with Crippen molar-refractivity contribution in [1.29, 1.82) is 0 Å². The number of furan rings is 1. The maximum absolute atomic E-state index is 11.8. The number of benzene rings is 1. The molecule has 0 aliphatic rings. The van der Waals surface area contributed by atoms with Crippen molar-refractivity contribution in [2.45, 2.75) is 0 Å². The van der Waals surface area contributed by atoms with Crippen LogP contribution in [0.25, 0.3) is 0 Å². The summed E-state index contributed by atoms with van der Waals surface area (Å²) in [7, 11) is 1.47. The van der Waals surface area contributed by atoms with E-state index in [-0.39, 0.29) is 11.7 Å². The summed E-state index contributed by atoms with van der Waals surface area (Å²) in [5.74, 6) is 0.267. The number of hydrogen-bond acceptors (Lipinski definition) is 4. The van der Waals surface area contributed by atoms with Gasteiger partial charge in [0.05, 0.1) is 19.1 Å². The van der Waals surface area contributed by atoms with Gasteiger partial charge in [-0.2, -0.15) is 0 Å². The summed E-state index contributed by atoms with van der Waals surface area (Å²) in [5.41, 5.74) is 1.06. The molecule has 98 valence electrons. The Morgan fingerprint density at radius 1 is 1.37 bits per heavy atom. The number of ether oxygens (including phenoxy) is 1.